The number of benzene rings is 1. The first-order valence-corrected chi connectivity index (χ1v) is 7.34. The van der Waals surface area contributed by atoms with Gasteiger partial charge in [-0.25, -0.2) is 0 Å². The van der Waals surface area contributed by atoms with Crippen LogP contribution in [-0.4, -0.2) is 5.51 Å². The third-order valence-electron chi connectivity index (χ3n) is 2.51. The number of alkyl halides is 3. The topological polar surface area (TPSA) is 12.0 Å². The summed E-state index contributed by atoms with van der Waals surface area (Å²) in [5.41, 5.74) is -2.26. The molecule has 1 N–H and O–H groups in total. The van der Waals surface area contributed by atoms with Gasteiger partial charge in [0, 0.05) is 16.6 Å². The molecule has 1 nitrogen and oxygen atoms in total. The number of thiophene rings is 1. The number of hydrogen-bond acceptors (Lipinski definition) is 3. The Balaban J connectivity index is 1.99. The second-order valence-corrected chi connectivity index (χ2v) is 5.91. The molecule has 1 aromatic heterocycles. The maximum absolute atomic E-state index is 12.2. The number of thioether (sulfide) groups is 1. The summed E-state index contributed by atoms with van der Waals surface area (Å²) in [5, 5.41) is 7.29. The van der Waals surface area contributed by atoms with Gasteiger partial charge in [0.15, 0.2) is 0 Å². The van der Waals surface area contributed by atoms with Gasteiger partial charge in [0.1, 0.15) is 0 Å². The van der Waals surface area contributed by atoms with Gasteiger partial charge in [-0.15, -0.1) is 0 Å². The fourth-order valence-electron chi connectivity index (χ4n) is 1.61. The summed E-state index contributed by atoms with van der Waals surface area (Å²) >= 11 is 1.52. The highest BCUT2D eigenvalue weighted by atomic mass is 32.2. The number of halogens is 3. The molecular formula is C13H12F3NS2. The monoisotopic (exact) mass is 303 g/mol. The first-order valence-electron chi connectivity index (χ1n) is 5.58. The van der Waals surface area contributed by atoms with Crippen LogP contribution in [0.2, 0.25) is 0 Å². The van der Waals surface area contributed by atoms with Gasteiger partial charge in [0.2, 0.25) is 0 Å². The fraction of sp³-hybridized carbons (Fsp3) is 0.231. The molecular weight excluding hydrogens is 291 g/mol. The molecule has 0 aliphatic carbocycles. The van der Waals surface area contributed by atoms with E-state index in [-0.39, 0.29) is 22.7 Å². The lowest BCUT2D eigenvalue weighted by Crippen LogP contribution is -2.05. The van der Waals surface area contributed by atoms with Gasteiger partial charge in [-0.05, 0) is 65.3 Å². The van der Waals surface area contributed by atoms with Crippen molar-refractivity contribution in [1.29, 1.82) is 0 Å². The van der Waals surface area contributed by atoms with Crippen LogP contribution in [0.4, 0.5) is 18.9 Å². The van der Waals surface area contributed by atoms with Gasteiger partial charge in [0.25, 0.3) is 0 Å². The van der Waals surface area contributed by atoms with Crippen LogP contribution in [-0.2, 0) is 0 Å². The van der Waals surface area contributed by atoms with Gasteiger partial charge in [0.05, 0.1) is 0 Å². The van der Waals surface area contributed by atoms with E-state index in [1.165, 1.54) is 17.7 Å². The molecule has 19 heavy (non-hydrogen) atoms. The zero-order valence-electron chi connectivity index (χ0n) is 10.1. The smallest absolute Gasteiger partial charge is 0.378 e. The minimum absolute atomic E-state index is 0.100. The summed E-state index contributed by atoms with van der Waals surface area (Å²) in [6.45, 7) is 2.01. The van der Waals surface area contributed by atoms with Crippen LogP contribution in [0.5, 0.6) is 0 Å². The van der Waals surface area contributed by atoms with E-state index in [0.717, 1.165) is 5.69 Å². The van der Waals surface area contributed by atoms with Crippen molar-refractivity contribution >= 4 is 28.8 Å². The molecule has 0 radical (unpaired) electrons. The average Bonchev–Trinajstić information content (AvgIpc) is 2.83. The van der Waals surface area contributed by atoms with Crippen molar-refractivity contribution in [2.45, 2.75) is 23.4 Å². The molecule has 102 valence electrons. The predicted octanol–water partition coefficient (Wildman–Crippen LogP) is 5.53. The van der Waals surface area contributed by atoms with Crippen LogP contribution in [0, 0.1) is 0 Å². The maximum Gasteiger partial charge on any atom is 0.446 e. The Hall–Kier alpha value is -1.14. The van der Waals surface area contributed by atoms with Gasteiger partial charge in [-0.1, -0.05) is 0 Å². The molecule has 1 atom stereocenters. The summed E-state index contributed by atoms with van der Waals surface area (Å²) < 4.78 is 36.6. The average molecular weight is 303 g/mol. The number of rotatable bonds is 4. The van der Waals surface area contributed by atoms with Crippen molar-refractivity contribution in [3.63, 3.8) is 0 Å². The second-order valence-electron chi connectivity index (χ2n) is 3.99. The summed E-state index contributed by atoms with van der Waals surface area (Å²) in [7, 11) is 0. The molecule has 2 aromatic rings. The first kappa shape index (κ1) is 14.3. The zero-order chi connectivity index (χ0) is 13.9. The predicted molar refractivity (Wildman–Crippen MR) is 74.7 cm³/mol. The van der Waals surface area contributed by atoms with E-state index in [9.17, 15) is 13.2 Å². The van der Waals surface area contributed by atoms with E-state index in [1.807, 2.05) is 23.8 Å². The Kier molecular flexibility index (Phi) is 4.42. The molecule has 0 spiro atoms. The standard InChI is InChI=1S/C13H12F3NS2/c1-9(10-6-7-18-8-10)17-11-2-4-12(5-3-11)19-13(14,15)16/h2-9,17H,1H3. The Bertz CT molecular complexity index is 506. The highest BCUT2D eigenvalue weighted by Gasteiger charge is 2.28. The van der Waals surface area contributed by atoms with Crippen molar-refractivity contribution in [1.82, 2.24) is 0 Å². The Morgan fingerprint density at radius 3 is 2.37 bits per heavy atom. The van der Waals surface area contributed by atoms with E-state index in [1.54, 1.807) is 23.5 Å². The minimum atomic E-state index is -4.24. The molecule has 0 saturated carbocycles. The quantitative estimate of drug-likeness (QED) is 0.745. The lowest BCUT2D eigenvalue weighted by molar-refractivity contribution is -0.0328. The largest absolute Gasteiger partial charge is 0.446 e. The lowest BCUT2D eigenvalue weighted by Gasteiger charge is -2.14. The van der Waals surface area contributed by atoms with Crippen molar-refractivity contribution in [3.05, 3.63) is 46.7 Å². The van der Waals surface area contributed by atoms with E-state index in [2.05, 4.69) is 5.32 Å². The van der Waals surface area contributed by atoms with Gasteiger partial charge < -0.3 is 5.32 Å². The lowest BCUT2D eigenvalue weighted by atomic mass is 10.2. The normalized spacial score (nSPS) is 13.3. The maximum atomic E-state index is 12.2. The minimum Gasteiger partial charge on any atom is -0.378 e. The number of nitrogens with one attached hydrogen (secondary N) is 1. The highest BCUT2D eigenvalue weighted by molar-refractivity contribution is 8.00. The van der Waals surface area contributed by atoms with Crippen molar-refractivity contribution in [3.8, 4) is 0 Å². The molecule has 1 unspecified atom stereocenters. The summed E-state index contributed by atoms with van der Waals surface area (Å²) in [6.07, 6.45) is 0. The molecule has 0 aliphatic rings. The van der Waals surface area contributed by atoms with Crippen LogP contribution >= 0.6 is 23.1 Å². The molecule has 6 heteroatoms. The van der Waals surface area contributed by atoms with Gasteiger partial charge in [-0.2, -0.15) is 24.5 Å². The zero-order valence-corrected chi connectivity index (χ0v) is 11.7. The third kappa shape index (κ3) is 4.47. The van der Waals surface area contributed by atoms with E-state index in [0.29, 0.717) is 0 Å². The molecule has 0 fully saturated rings. The number of hydrogen-bond donors (Lipinski definition) is 1. The second kappa shape index (κ2) is 5.88. The third-order valence-corrected chi connectivity index (χ3v) is 3.96. The van der Waals surface area contributed by atoms with Crippen LogP contribution < -0.4 is 5.32 Å². The van der Waals surface area contributed by atoms with E-state index >= 15 is 0 Å². The molecule has 0 aliphatic heterocycles. The Morgan fingerprint density at radius 1 is 1.16 bits per heavy atom. The van der Waals surface area contributed by atoms with Crippen molar-refractivity contribution < 1.29 is 13.2 Å². The van der Waals surface area contributed by atoms with E-state index < -0.39 is 5.51 Å². The molecule has 1 heterocycles. The summed E-state index contributed by atoms with van der Waals surface area (Å²) in [6, 6.07) is 8.43. The van der Waals surface area contributed by atoms with Crippen molar-refractivity contribution in [2.24, 2.45) is 0 Å². The Labute approximate surface area is 117 Å². The van der Waals surface area contributed by atoms with Gasteiger partial charge >= 0.3 is 5.51 Å². The molecule has 1 aromatic carbocycles. The van der Waals surface area contributed by atoms with Gasteiger partial charge in [-0.3, -0.25) is 0 Å². The van der Waals surface area contributed by atoms with E-state index in [4.69, 9.17) is 0 Å². The van der Waals surface area contributed by atoms with Crippen LogP contribution in [0.25, 0.3) is 0 Å². The Morgan fingerprint density at radius 2 is 1.84 bits per heavy atom. The molecule has 0 saturated heterocycles. The number of anilines is 1. The van der Waals surface area contributed by atoms with Crippen LogP contribution in [0.3, 0.4) is 0 Å². The summed E-state index contributed by atoms with van der Waals surface area (Å²) in [4.78, 5) is 0.196. The van der Waals surface area contributed by atoms with Crippen molar-refractivity contribution in [2.75, 3.05) is 5.32 Å². The van der Waals surface area contributed by atoms with Crippen LogP contribution in [0.15, 0.2) is 46.0 Å². The summed E-state index contributed by atoms with van der Waals surface area (Å²) in [5.74, 6) is 0. The van der Waals surface area contributed by atoms with Crippen LogP contribution in [0.1, 0.15) is 18.5 Å². The first-order chi connectivity index (χ1) is 8.94. The highest BCUT2D eigenvalue weighted by Crippen LogP contribution is 2.37. The molecule has 2 rings (SSSR count). The molecule has 0 bridgehead atoms. The SMILES string of the molecule is CC(Nc1ccc(SC(F)(F)F)cc1)c1ccsc1. The fourth-order valence-corrected chi connectivity index (χ4v) is 2.90. The molecule has 0 amide bonds.